The molecule has 0 bridgehead atoms. The van der Waals surface area contributed by atoms with Crippen LogP contribution in [0.5, 0.6) is 0 Å². The molecule has 0 N–H and O–H groups in total. The Bertz CT molecular complexity index is 293. The number of rotatable bonds is 1. The van der Waals surface area contributed by atoms with Crippen molar-refractivity contribution in [3.05, 3.63) is 0 Å². The van der Waals surface area contributed by atoms with Gasteiger partial charge in [-0.25, -0.2) is 12.8 Å². The number of hydrogen-bond donors (Lipinski definition) is 0. The second-order valence-corrected chi connectivity index (χ2v) is 5.27. The molecule has 0 spiro atoms. The van der Waals surface area contributed by atoms with Crippen LogP contribution in [0.4, 0.5) is 4.39 Å². The molecule has 0 aromatic rings. The van der Waals surface area contributed by atoms with Crippen molar-refractivity contribution >= 4 is 9.84 Å². The lowest BCUT2D eigenvalue weighted by atomic mass is 10.0. The van der Waals surface area contributed by atoms with E-state index in [-0.39, 0.29) is 24.3 Å². The summed E-state index contributed by atoms with van der Waals surface area (Å²) in [7, 11) is -3.08. The maximum Gasteiger partial charge on any atom is 0.150 e. The molecule has 1 aliphatic heterocycles. The van der Waals surface area contributed by atoms with Crippen LogP contribution in [0.1, 0.15) is 12.8 Å². The van der Waals surface area contributed by atoms with Crippen molar-refractivity contribution in [2.75, 3.05) is 11.5 Å². The number of sulfone groups is 1. The second-order valence-electron chi connectivity index (χ2n) is 3.04. The number of nitrogens with zero attached hydrogens (tertiary/aromatic N) is 1. The van der Waals surface area contributed by atoms with Gasteiger partial charge in [-0.3, -0.25) is 0 Å². The van der Waals surface area contributed by atoms with Crippen LogP contribution in [0.15, 0.2) is 0 Å². The van der Waals surface area contributed by atoms with Crippen LogP contribution in [0, 0.1) is 17.2 Å². The Hall–Kier alpha value is -0.630. The highest BCUT2D eigenvalue weighted by molar-refractivity contribution is 7.91. The largest absolute Gasteiger partial charge is 0.247 e. The summed E-state index contributed by atoms with van der Waals surface area (Å²) in [5, 5.41) is 8.30. The van der Waals surface area contributed by atoms with E-state index in [1.807, 2.05) is 0 Å². The van der Waals surface area contributed by atoms with Crippen molar-refractivity contribution in [3.63, 3.8) is 0 Å². The van der Waals surface area contributed by atoms with E-state index in [1.54, 1.807) is 6.07 Å². The summed E-state index contributed by atoms with van der Waals surface area (Å²) in [4.78, 5) is 0. The van der Waals surface area contributed by atoms with Gasteiger partial charge in [0, 0.05) is 12.3 Å². The first-order valence-electron chi connectivity index (χ1n) is 3.76. The molecular formula is C7H10FNO2S. The third kappa shape index (κ3) is 2.18. The molecule has 0 aromatic heterocycles. The molecule has 0 radical (unpaired) electrons. The zero-order valence-corrected chi connectivity index (χ0v) is 7.35. The molecule has 1 rings (SSSR count). The molecular weight excluding hydrogens is 181 g/mol. The topological polar surface area (TPSA) is 57.9 Å². The van der Waals surface area contributed by atoms with Gasteiger partial charge in [0.25, 0.3) is 0 Å². The first-order valence-corrected chi connectivity index (χ1v) is 5.59. The summed E-state index contributed by atoms with van der Waals surface area (Å²) in [6.07, 6.45) is -1.07. The number of nitriles is 1. The van der Waals surface area contributed by atoms with Crippen LogP contribution >= 0.6 is 0 Å². The van der Waals surface area contributed by atoms with Gasteiger partial charge in [-0.15, -0.1) is 0 Å². The van der Waals surface area contributed by atoms with E-state index in [9.17, 15) is 12.8 Å². The summed E-state index contributed by atoms with van der Waals surface area (Å²) in [6, 6.07) is 1.80. The Labute approximate surface area is 71.1 Å². The lowest BCUT2D eigenvalue weighted by molar-refractivity contribution is 0.231. The fraction of sp³-hybridized carbons (Fsp3) is 0.857. The van der Waals surface area contributed by atoms with Crippen molar-refractivity contribution in [2.24, 2.45) is 5.92 Å². The Morgan fingerprint density at radius 1 is 1.58 bits per heavy atom. The predicted molar refractivity (Wildman–Crippen MR) is 41.9 cm³/mol. The highest BCUT2D eigenvalue weighted by Gasteiger charge is 2.32. The van der Waals surface area contributed by atoms with E-state index in [1.165, 1.54) is 0 Å². The molecule has 1 saturated heterocycles. The smallest absolute Gasteiger partial charge is 0.150 e. The minimum absolute atomic E-state index is 0.000394. The highest BCUT2D eigenvalue weighted by Crippen LogP contribution is 2.24. The summed E-state index contributed by atoms with van der Waals surface area (Å²) >= 11 is 0. The fourth-order valence-corrected chi connectivity index (χ4v) is 3.08. The molecule has 1 heterocycles. The SMILES string of the molecule is N#CC[C@@H]1CS(=O)(=O)CC[C@H]1F. The van der Waals surface area contributed by atoms with Crippen LogP contribution in [-0.2, 0) is 9.84 Å². The summed E-state index contributed by atoms with van der Waals surface area (Å²) in [5.74, 6) is -0.841. The van der Waals surface area contributed by atoms with Gasteiger partial charge < -0.3 is 0 Å². The standard InChI is InChI=1S/C7H10FNO2S/c8-7-2-4-12(10,11)5-6(7)1-3-9/h6-7H,1-2,4-5H2/t6-,7-/m1/s1. The van der Waals surface area contributed by atoms with Gasteiger partial charge >= 0.3 is 0 Å². The summed E-state index contributed by atoms with van der Waals surface area (Å²) in [6.45, 7) is 0. The van der Waals surface area contributed by atoms with Crippen LogP contribution < -0.4 is 0 Å². The minimum Gasteiger partial charge on any atom is -0.247 e. The molecule has 1 fully saturated rings. The van der Waals surface area contributed by atoms with Gasteiger partial charge in [0.2, 0.25) is 0 Å². The normalized spacial score (nSPS) is 34.0. The van der Waals surface area contributed by atoms with Gasteiger partial charge in [0.05, 0.1) is 17.6 Å². The van der Waals surface area contributed by atoms with Crippen LogP contribution in [0.2, 0.25) is 0 Å². The van der Waals surface area contributed by atoms with E-state index >= 15 is 0 Å². The lowest BCUT2D eigenvalue weighted by Crippen LogP contribution is -2.33. The lowest BCUT2D eigenvalue weighted by Gasteiger charge is -2.23. The van der Waals surface area contributed by atoms with E-state index in [0.717, 1.165) is 0 Å². The molecule has 12 heavy (non-hydrogen) atoms. The maximum atomic E-state index is 13.0. The molecule has 3 nitrogen and oxygen atoms in total. The van der Waals surface area contributed by atoms with Crippen LogP contribution in [-0.4, -0.2) is 26.1 Å². The average molecular weight is 191 g/mol. The number of halogens is 1. The van der Waals surface area contributed by atoms with Gasteiger partial charge in [-0.05, 0) is 6.42 Å². The number of hydrogen-bond acceptors (Lipinski definition) is 3. The van der Waals surface area contributed by atoms with E-state index < -0.39 is 21.9 Å². The highest BCUT2D eigenvalue weighted by atomic mass is 32.2. The Balaban J connectivity index is 2.67. The zero-order valence-electron chi connectivity index (χ0n) is 6.53. The molecule has 0 saturated carbocycles. The molecule has 5 heteroatoms. The fourth-order valence-electron chi connectivity index (χ4n) is 1.35. The second kappa shape index (κ2) is 3.40. The average Bonchev–Trinajstić information content (AvgIpc) is 1.97. The summed E-state index contributed by atoms with van der Waals surface area (Å²) in [5.41, 5.74) is 0. The van der Waals surface area contributed by atoms with Crippen LogP contribution in [0.3, 0.4) is 0 Å². The summed E-state index contributed by atoms with van der Waals surface area (Å²) < 4.78 is 35.0. The van der Waals surface area contributed by atoms with Crippen molar-refractivity contribution in [1.29, 1.82) is 5.26 Å². The predicted octanol–water partition coefficient (Wildman–Crippen LogP) is 0.673. The van der Waals surface area contributed by atoms with Crippen molar-refractivity contribution in [2.45, 2.75) is 19.0 Å². The Kier molecular flexibility index (Phi) is 2.68. The third-order valence-electron chi connectivity index (χ3n) is 2.04. The monoisotopic (exact) mass is 191 g/mol. The molecule has 0 unspecified atom stereocenters. The van der Waals surface area contributed by atoms with Gasteiger partial charge in [0.15, 0.2) is 9.84 Å². The molecule has 0 aliphatic carbocycles. The molecule has 2 atom stereocenters. The first-order chi connectivity index (χ1) is 5.55. The maximum absolute atomic E-state index is 13.0. The zero-order chi connectivity index (χ0) is 9.19. The van der Waals surface area contributed by atoms with E-state index in [2.05, 4.69) is 0 Å². The minimum atomic E-state index is -3.08. The number of alkyl halides is 1. The van der Waals surface area contributed by atoms with Gasteiger partial charge in [0.1, 0.15) is 6.17 Å². The van der Waals surface area contributed by atoms with E-state index in [4.69, 9.17) is 5.26 Å². The molecule has 68 valence electrons. The van der Waals surface area contributed by atoms with Crippen molar-refractivity contribution < 1.29 is 12.8 Å². The Morgan fingerprint density at radius 3 is 2.83 bits per heavy atom. The first kappa shape index (κ1) is 9.46. The van der Waals surface area contributed by atoms with Gasteiger partial charge in [-0.1, -0.05) is 0 Å². The molecule has 1 aliphatic rings. The van der Waals surface area contributed by atoms with Crippen LogP contribution in [0.25, 0.3) is 0 Å². The molecule has 0 aromatic carbocycles. The quantitative estimate of drug-likeness (QED) is 0.612. The van der Waals surface area contributed by atoms with Crippen molar-refractivity contribution in [1.82, 2.24) is 0 Å². The van der Waals surface area contributed by atoms with Crippen molar-refractivity contribution in [3.8, 4) is 6.07 Å². The Morgan fingerprint density at radius 2 is 2.25 bits per heavy atom. The van der Waals surface area contributed by atoms with E-state index in [0.29, 0.717) is 0 Å². The third-order valence-corrected chi connectivity index (χ3v) is 3.83. The molecule has 0 amide bonds. The van der Waals surface area contributed by atoms with Gasteiger partial charge in [-0.2, -0.15) is 5.26 Å².